The van der Waals surface area contributed by atoms with Gasteiger partial charge in [-0.2, -0.15) is 0 Å². The van der Waals surface area contributed by atoms with E-state index in [9.17, 15) is 4.79 Å². The first-order valence-electron chi connectivity index (χ1n) is 8.71. The number of carbonyl (C=O) groups is 1. The summed E-state index contributed by atoms with van der Waals surface area (Å²) in [6.45, 7) is 7.13. The average Bonchev–Trinajstić information content (AvgIpc) is 3.19. The van der Waals surface area contributed by atoms with Crippen molar-refractivity contribution in [3.05, 3.63) is 71.5 Å². The molecule has 26 heavy (non-hydrogen) atoms. The molecular weight excluding hydrogens is 346 g/mol. The van der Waals surface area contributed by atoms with Gasteiger partial charge in [-0.1, -0.05) is 29.8 Å². The maximum atomic E-state index is 12.7. The van der Waals surface area contributed by atoms with Crippen molar-refractivity contribution in [3.63, 3.8) is 0 Å². The quantitative estimate of drug-likeness (QED) is 0.628. The maximum Gasteiger partial charge on any atom is 0.227 e. The number of fused-ring (bicyclic) bond motifs is 1. The van der Waals surface area contributed by atoms with Gasteiger partial charge in [0.1, 0.15) is 5.82 Å². The van der Waals surface area contributed by atoms with E-state index in [0.717, 1.165) is 28.1 Å². The molecule has 4 rings (SSSR count). The van der Waals surface area contributed by atoms with E-state index in [0.29, 0.717) is 24.5 Å². The molecule has 1 amide bonds. The number of amides is 1. The Kier molecular flexibility index (Phi) is 4.29. The number of hydrogen-bond donors (Lipinski definition) is 0. The molecule has 1 atom stereocenters. The predicted molar refractivity (Wildman–Crippen MR) is 106 cm³/mol. The van der Waals surface area contributed by atoms with E-state index in [2.05, 4.69) is 17.2 Å². The van der Waals surface area contributed by atoms with Crippen molar-refractivity contribution in [2.45, 2.75) is 25.8 Å². The van der Waals surface area contributed by atoms with Crippen LogP contribution in [0.3, 0.4) is 0 Å². The van der Waals surface area contributed by atoms with Gasteiger partial charge in [0.25, 0.3) is 0 Å². The molecule has 0 bridgehead atoms. The summed E-state index contributed by atoms with van der Waals surface area (Å²) in [5, 5.41) is 0.713. The number of carbonyl (C=O) groups excluding carboxylic acids is 1. The molecule has 132 valence electrons. The fraction of sp³-hybridized carbons (Fsp3) is 0.238. The van der Waals surface area contributed by atoms with Gasteiger partial charge < -0.3 is 9.47 Å². The molecule has 1 fully saturated rings. The first kappa shape index (κ1) is 16.9. The van der Waals surface area contributed by atoms with Crippen molar-refractivity contribution in [1.82, 2.24) is 9.55 Å². The third-order valence-electron chi connectivity index (χ3n) is 4.94. The summed E-state index contributed by atoms with van der Waals surface area (Å²) in [5.41, 5.74) is 3.90. The molecule has 0 radical (unpaired) electrons. The molecule has 2 aromatic carbocycles. The molecule has 5 heteroatoms. The van der Waals surface area contributed by atoms with Crippen LogP contribution < -0.4 is 4.90 Å². The Morgan fingerprint density at radius 3 is 2.88 bits per heavy atom. The lowest BCUT2D eigenvalue weighted by atomic mass is 10.1. The third kappa shape index (κ3) is 2.80. The summed E-state index contributed by atoms with van der Waals surface area (Å²) in [6, 6.07) is 13.8. The van der Waals surface area contributed by atoms with Crippen molar-refractivity contribution in [1.29, 1.82) is 0 Å². The zero-order valence-corrected chi connectivity index (χ0v) is 15.4. The minimum absolute atomic E-state index is 0.0610. The largest absolute Gasteiger partial charge is 0.324 e. The number of benzene rings is 2. The normalized spacial score (nSPS) is 17.2. The van der Waals surface area contributed by atoms with Crippen LogP contribution in [0.4, 0.5) is 5.69 Å². The second-order valence-electron chi connectivity index (χ2n) is 6.70. The molecule has 1 aliphatic heterocycles. The van der Waals surface area contributed by atoms with E-state index in [-0.39, 0.29) is 11.8 Å². The molecule has 1 aromatic heterocycles. The second kappa shape index (κ2) is 6.61. The lowest BCUT2D eigenvalue weighted by molar-refractivity contribution is -0.117. The highest BCUT2D eigenvalue weighted by molar-refractivity contribution is 6.31. The van der Waals surface area contributed by atoms with Crippen LogP contribution in [0.5, 0.6) is 0 Å². The molecule has 0 aliphatic carbocycles. The highest BCUT2D eigenvalue weighted by Gasteiger charge is 2.34. The van der Waals surface area contributed by atoms with E-state index >= 15 is 0 Å². The number of allylic oxidation sites excluding steroid dienone is 1. The summed E-state index contributed by atoms with van der Waals surface area (Å²) in [6.07, 6.45) is 2.33. The number of hydrogen-bond acceptors (Lipinski definition) is 2. The van der Waals surface area contributed by atoms with Gasteiger partial charge in [-0.05, 0) is 42.8 Å². The number of aryl methyl sites for hydroxylation is 1. The molecule has 0 saturated carbocycles. The van der Waals surface area contributed by atoms with Crippen molar-refractivity contribution in [2.75, 3.05) is 11.4 Å². The third-order valence-corrected chi connectivity index (χ3v) is 5.36. The van der Waals surface area contributed by atoms with Crippen LogP contribution in [0.1, 0.15) is 23.7 Å². The molecule has 3 aromatic rings. The van der Waals surface area contributed by atoms with Gasteiger partial charge in [0.2, 0.25) is 5.91 Å². The zero-order valence-electron chi connectivity index (χ0n) is 14.7. The Hall–Kier alpha value is -2.59. The van der Waals surface area contributed by atoms with Crippen LogP contribution in [0.15, 0.2) is 55.1 Å². The number of halogens is 1. The van der Waals surface area contributed by atoms with Crippen molar-refractivity contribution >= 4 is 34.2 Å². The van der Waals surface area contributed by atoms with Crippen molar-refractivity contribution in [2.24, 2.45) is 0 Å². The number of para-hydroxylation sites is 2. The average molecular weight is 366 g/mol. The summed E-state index contributed by atoms with van der Waals surface area (Å²) in [7, 11) is 0. The summed E-state index contributed by atoms with van der Waals surface area (Å²) < 4.78 is 2.16. The lowest BCUT2D eigenvalue weighted by Gasteiger charge is -2.18. The van der Waals surface area contributed by atoms with Crippen molar-refractivity contribution < 1.29 is 4.79 Å². The van der Waals surface area contributed by atoms with Crippen LogP contribution in [-0.2, 0) is 11.3 Å². The fourth-order valence-electron chi connectivity index (χ4n) is 3.65. The Morgan fingerprint density at radius 2 is 2.12 bits per heavy atom. The highest BCUT2D eigenvalue weighted by Crippen LogP contribution is 2.34. The van der Waals surface area contributed by atoms with Gasteiger partial charge in [-0.25, -0.2) is 4.98 Å². The second-order valence-corrected chi connectivity index (χ2v) is 7.10. The topological polar surface area (TPSA) is 38.1 Å². The smallest absolute Gasteiger partial charge is 0.227 e. The van der Waals surface area contributed by atoms with Crippen LogP contribution in [-0.4, -0.2) is 22.0 Å². The SMILES string of the molecule is C=CCn1c([C@@H]2CC(=O)N(c3ccc(Cl)c(C)c3)C2)nc2ccccc21. The maximum absolute atomic E-state index is 12.7. The van der Waals surface area contributed by atoms with Gasteiger partial charge >= 0.3 is 0 Å². The summed E-state index contributed by atoms with van der Waals surface area (Å²) in [4.78, 5) is 19.3. The summed E-state index contributed by atoms with van der Waals surface area (Å²) >= 11 is 6.12. The Morgan fingerprint density at radius 1 is 1.31 bits per heavy atom. The molecule has 0 unspecified atom stereocenters. The number of rotatable bonds is 4. The molecule has 2 heterocycles. The zero-order chi connectivity index (χ0) is 18.3. The number of anilines is 1. The van der Waals surface area contributed by atoms with Crippen LogP contribution in [0, 0.1) is 6.92 Å². The molecular formula is C21H20ClN3O. The van der Waals surface area contributed by atoms with Gasteiger partial charge in [-0.3, -0.25) is 4.79 Å². The molecule has 1 aliphatic rings. The van der Waals surface area contributed by atoms with Crippen LogP contribution in [0.25, 0.3) is 11.0 Å². The number of imidazole rings is 1. The van der Waals surface area contributed by atoms with Gasteiger partial charge in [-0.15, -0.1) is 6.58 Å². The molecule has 1 saturated heterocycles. The van der Waals surface area contributed by atoms with Crippen molar-refractivity contribution in [3.8, 4) is 0 Å². The predicted octanol–water partition coefficient (Wildman–Crippen LogP) is 4.70. The van der Waals surface area contributed by atoms with Gasteiger partial charge in [0.05, 0.1) is 11.0 Å². The Bertz CT molecular complexity index is 1010. The standard InChI is InChI=1S/C21H20ClN3O/c1-3-10-24-19-7-5-4-6-18(19)23-21(24)15-12-20(26)25(13-15)16-8-9-17(22)14(2)11-16/h3-9,11,15H,1,10,12-13H2,2H3/t15-/m1/s1. The molecule has 0 spiro atoms. The minimum atomic E-state index is 0.0610. The minimum Gasteiger partial charge on any atom is -0.324 e. The first-order valence-corrected chi connectivity index (χ1v) is 9.09. The lowest BCUT2D eigenvalue weighted by Crippen LogP contribution is -2.24. The Labute approximate surface area is 157 Å². The summed E-state index contributed by atoms with van der Waals surface area (Å²) in [5.74, 6) is 1.13. The van der Waals surface area contributed by atoms with E-state index in [1.54, 1.807) is 0 Å². The Balaban J connectivity index is 1.70. The van der Waals surface area contributed by atoms with E-state index in [1.807, 2.05) is 54.3 Å². The van der Waals surface area contributed by atoms with E-state index < -0.39 is 0 Å². The monoisotopic (exact) mass is 365 g/mol. The van der Waals surface area contributed by atoms with Gasteiger partial charge in [0.15, 0.2) is 0 Å². The number of nitrogens with zero attached hydrogens (tertiary/aromatic N) is 3. The molecule has 4 nitrogen and oxygen atoms in total. The first-order chi connectivity index (χ1) is 12.6. The van der Waals surface area contributed by atoms with E-state index in [4.69, 9.17) is 16.6 Å². The number of aromatic nitrogens is 2. The van der Waals surface area contributed by atoms with Crippen LogP contribution in [0.2, 0.25) is 5.02 Å². The van der Waals surface area contributed by atoms with Gasteiger partial charge in [0, 0.05) is 36.1 Å². The fourth-order valence-corrected chi connectivity index (χ4v) is 3.77. The van der Waals surface area contributed by atoms with Crippen LogP contribution >= 0.6 is 11.6 Å². The highest BCUT2D eigenvalue weighted by atomic mass is 35.5. The van der Waals surface area contributed by atoms with E-state index in [1.165, 1.54) is 0 Å². The molecule has 0 N–H and O–H groups in total.